The average Bonchev–Trinajstić information content (AvgIpc) is 1.38. The molecule has 5 heteroatoms. The van der Waals surface area contributed by atoms with Crippen molar-refractivity contribution < 1.29 is 40.3 Å². The van der Waals surface area contributed by atoms with E-state index in [1.54, 1.807) is 0 Å². The van der Waals surface area contributed by atoms with Crippen LogP contribution in [0.5, 0.6) is 0 Å². The molecule has 0 N–H and O–H groups in total. The maximum absolute atomic E-state index is 4.84. The van der Waals surface area contributed by atoms with E-state index < -0.39 is 0 Å². The molecule has 8 heavy (non-hydrogen) atoms. The van der Waals surface area contributed by atoms with Crippen LogP contribution in [0.3, 0.4) is 0 Å². The summed E-state index contributed by atoms with van der Waals surface area (Å²) in [4.78, 5) is 0. The molecule has 0 atom stereocenters. The molecule has 1 nitrogen and oxygen atoms in total. The van der Waals surface area contributed by atoms with Crippen LogP contribution in [0.4, 0.5) is 0 Å². The van der Waals surface area contributed by atoms with Gasteiger partial charge in [-0.2, -0.15) is 0 Å². The van der Waals surface area contributed by atoms with Crippen molar-refractivity contribution in [2.75, 3.05) is 0 Å². The summed E-state index contributed by atoms with van der Waals surface area (Å²) >= 11 is 1.16. The Balaban J connectivity index is -0.0000000267. The Labute approximate surface area is 82.8 Å². The summed E-state index contributed by atoms with van der Waals surface area (Å²) in [6.07, 6.45) is 0.424. The summed E-state index contributed by atoms with van der Waals surface area (Å²) in [5.41, 5.74) is 0. The summed E-state index contributed by atoms with van der Waals surface area (Å²) in [6.45, 7) is 4.04. The Hall–Kier alpha value is 1.63. The summed E-state index contributed by atoms with van der Waals surface area (Å²) in [6, 6.07) is 0. The Morgan fingerprint density at radius 2 is 1.25 bits per heavy atom. The third-order valence-corrected chi connectivity index (χ3v) is 1.58. The van der Waals surface area contributed by atoms with Crippen LogP contribution in [-0.2, 0) is 3.07 Å². The molecular weight excluding hydrogens is 277 g/mol. The molecule has 0 saturated heterocycles. The minimum absolute atomic E-state index is 0. The first-order valence-electron chi connectivity index (χ1n) is 1.59. The zero-order chi connectivity index (χ0) is 4.28. The van der Waals surface area contributed by atoms with Crippen molar-refractivity contribution in [2.45, 2.75) is 20.0 Å². The third kappa shape index (κ3) is 25.5. The molecule has 0 fully saturated rings. The fourth-order valence-corrected chi connectivity index (χ4v) is 0. The van der Waals surface area contributed by atoms with Crippen molar-refractivity contribution in [1.82, 2.24) is 0 Å². The van der Waals surface area contributed by atoms with Crippen molar-refractivity contribution in [3.05, 3.63) is 0 Å². The standard InChI is InChI=1S/C3H7O.3ClH.Sn/c1-3(2)4;;;;/h3H,1-2H3;3*1H;/q-1;;;;+4/p-3. The molecule has 0 heterocycles. The fraction of sp³-hybridized carbons (Fsp3) is 1.00. The van der Waals surface area contributed by atoms with Gasteiger partial charge in [0, 0.05) is 0 Å². The Kier molecular flexibility index (Phi) is 44.8. The topological polar surface area (TPSA) is 9.23 Å². The average molecular weight is 284 g/mol. The van der Waals surface area contributed by atoms with Crippen molar-refractivity contribution >= 4 is 22.9 Å². The number of halogens is 3. The number of hydrogen-bond acceptors (Lipinski definition) is 1. The van der Waals surface area contributed by atoms with Crippen LogP contribution >= 0.6 is 0 Å². The molecule has 0 spiro atoms. The minimum atomic E-state index is 0. The first-order chi connectivity index (χ1) is 2.27. The molecule has 0 aliphatic rings. The van der Waals surface area contributed by atoms with Crippen LogP contribution < -0.4 is 37.2 Å². The minimum Gasteiger partial charge on any atom is -1.00 e. The molecular formula is C3H7Cl3OSn. The van der Waals surface area contributed by atoms with E-state index in [0.29, 0.717) is 6.10 Å². The second-order valence-corrected chi connectivity index (χ2v) is 1.84. The predicted octanol–water partition coefficient (Wildman–Crippen LogP) is -8.49. The molecule has 0 aromatic heterocycles. The van der Waals surface area contributed by atoms with Gasteiger partial charge in [-0.15, -0.1) is 0 Å². The van der Waals surface area contributed by atoms with Crippen molar-refractivity contribution in [2.24, 2.45) is 0 Å². The van der Waals surface area contributed by atoms with Crippen LogP contribution in [0.1, 0.15) is 13.8 Å². The van der Waals surface area contributed by atoms with Crippen LogP contribution in [0, 0.1) is 0 Å². The summed E-state index contributed by atoms with van der Waals surface area (Å²) in [5.74, 6) is 0. The van der Waals surface area contributed by atoms with E-state index in [0.717, 1.165) is 22.9 Å². The van der Waals surface area contributed by atoms with Gasteiger partial charge in [-0.3, -0.25) is 0 Å². The van der Waals surface area contributed by atoms with Gasteiger partial charge in [0.05, 0.1) is 0 Å². The molecule has 0 saturated carbocycles. The second kappa shape index (κ2) is 15.9. The molecule has 0 aliphatic carbocycles. The van der Waals surface area contributed by atoms with Crippen molar-refractivity contribution in [3.63, 3.8) is 0 Å². The van der Waals surface area contributed by atoms with Crippen molar-refractivity contribution in [3.8, 4) is 0 Å². The van der Waals surface area contributed by atoms with E-state index in [-0.39, 0.29) is 37.2 Å². The SMILES string of the molecule is CC(C)[O][Sn+3].[Cl-].[Cl-].[Cl-]. The van der Waals surface area contributed by atoms with Gasteiger partial charge in [0.15, 0.2) is 0 Å². The maximum Gasteiger partial charge on any atom is -1.00 e. The summed E-state index contributed by atoms with van der Waals surface area (Å²) in [5, 5.41) is 0. The van der Waals surface area contributed by atoms with Gasteiger partial charge < -0.3 is 37.2 Å². The van der Waals surface area contributed by atoms with E-state index in [1.807, 2.05) is 13.8 Å². The first kappa shape index (κ1) is 22.6. The van der Waals surface area contributed by atoms with Gasteiger partial charge in [0.1, 0.15) is 0 Å². The molecule has 50 valence electrons. The van der Waals surface area contributed by atoms with Gasteiger partial charge >= 0.3 is 46.0 Å². The zero-order valence-electron chi connectivity index (χ0n) is 4.62. The smallest absolute Gasteiger partial charge is 1.00 e. The van der Waals surface area contributed by atoms with Crippen LogP contribution in [0.15, 0.2) is 0 Å². The molecule has 0 aliphatic heterocycles. The van der Waals surface area contributed by atoms with E-state index in [4.69, 9.17) is 3.07 Å². The van der Waals surface area contributed by atoms with E-state index in [2.05, 4.69) is 0 Å². The van der Waals surface area contributed by atoms with E-state index >= 15 is 0 Å². The number of hydrogen-bond donors (Lipinski definition) is 0. The van der Waals surface area contributed by atoms with Gasteiger partial charge in [0.25, 0.3) is 0 Å². The van der Waals surface area contributed by atoms with Gasteiger partial charge in [-0.25, -0.2) is 0 Å². The van der Waals surface area contributed by atoms with Gasteiger partial charge in [-0.1, -0.05) is 0 Å². The summed E-state index contributed by atoms with van der Waals surface area (Å²) < 4.78 is 4.84. The summed E-state index contributed by atoms with van der Waals surface area (Å²) in [7, 11) is 0. The van der Waals surface area contributed by atoms with E-state index in [1.165, 1.54) is 0 Å². The largest absolute Gasteiger partial charge is 1.00 e. The first-order valence-corrected chi connectivity index (χ1v) is 2.76. The molecule has 0 aromatic rings. The monoisotopic (exact) mass is 284 g/mol. The fourth-order valence-electron chi connectivity index (χ4n) is 0. The molecule has 0 amide bonds. The quantitative estimate of drug-likeness (QED) is 0.435. The van der Waals surface area contributed by atoms with Gasteiger partial charge in [0.2, 0.25) is 0 Å². The second-order valence-electron chi connectivity index (χ2n) is 1.17. The molecule has 0 rings (SSSR count). The maximum atomic E-state index is 4.84. The van der Waals surface area contributed by atoms with Crippen LogP contribution in [0.2, 0.25) is 0 Å². The van der Waals surface area contributed by atoms with Crippen LogP contribution in [0.25, 0.3) is 0 Å². The number of rotatable bonds is 1. The molecule has 0 unspecified atom stereocenters. The Morgan fingerprint density at radius 3 is 1.25 bits per heavy atom. The third-order valence-electron chi connectivity index (χ3n) is 0.236. The normalized spacial score (nSPS) is 6.12. The molecule has 0 bridgehead atoms. The van der Waals surface area contributed by atoms with Crippen molar-refractivity contribution in [1.29, 1.82) is 0 Å². The molecule has 0 radical (unpaired) electrons. The van der Waals surface area contributed by atoms with E-state index in [9.17, 15) is 0 Å². The van der Waals surface area contributed by atoms with Gasteiger partial charge in [-0.05, 0) is 0 Å². The predicted molar refractivity (Wildman–Crippen MR) is 22.0 cm³/mol. The van der Waals surface area contributed by atoms with Crippen LogP contribution in [-0.4, -0.2) is 29.0 Å². The Bertz CT molecular complexity index is 28.5. The zero-order valence-corrected chi connectivity index (χ0v) is 9.74. The Morgan fingerprint density at radius 1 is 1.12 bits per heavy atom. The molecule has 0 aromatic carbocycles.